The van der Waals surface area contributed by atoms with Crippen molar-refractivity contribution in [1.29, 1.82) is 0 Å². The van der Waals surface area contributed by atoms with E-state index in [1.54, 1.807) is 0 Å². The predicted octanol–water partition coefficient (Wildman–Crippen LogP) is 3.06. The van der Waals surface area contributed by atoms with Crippen molar-refractivity contribution in [2.24, 2.45) is 0 Å². The van der Waals surface area contributed by atoms with Crippen LogP contribution in [-0.2, 0) is 16.5 Å². The van der Waals surface area contributed by atoms with Crippen molar-refractivity contribution in [3.05, 3.63) is 17.5 Å². The van der Waals surface area contributed by atoms with E-state index < -0.39 is 71.7 Å². The third-order valence-electron chi connectivity index (χ3n) is 4.36. The third kappa shape index (κ3) is 4.14. The van der Waals surface area contributed by atoms with Crippen LogP contribution in [0.25, 0.3) is 11.6 Å². The van der Waals surface area contributed by atoms with Gasteiger partial charge in [0, 0.05) is 12.8 Å². The molecule has 2 atom stereocenters. The number of nitrogen functional groups attached to an aromatic ring is 1. The van der Waals surface area contributed by atoms with Crippen molar-refractivity contribution in [2.45, 2.75) is 43.8 Å². The highest BCUT2D eigenvalue weighted by Crippen LogP contribution is 2.43. The summed E-state index contributed by atoms with van der Waals surface area (Å²) in [7, 11) is 0. The first-order valence-corrected chi connectivity index (χ1v) is 8.58. The van der Waals surface area contributed by atoms with Crippen LogP contribution in [0.1, 0.15) is 31.2 Å². The molecule has 4 bridgehead atoms. The second-order valence-corrected chi connectivity index (χ2v) is 6.63. The van der Waals surface area contributed by atoms with Gasteiger partial charge in [-0.1, -0.05) is 0 Å². The van der Waals surface area contributed by atoms with E-state index in [1.165, 1.54) is 6.92 Å². The Morgan fingerprint density at radius 3 is 2.50 bits per heavy atom. The molecule has 0 amide bonds. The summed E-state index contributed by atoms with van der Waals surface area (Å²) in [6, 6.07) is 0.507. The van der Waals surface area contributed by atoms with Gasteiger partial charge in [0.15, 0.2) is 5.69 Å². The van der Waals surface area contributed by atoms with Crippen LogP contribution in [0.2, 0.25) is 0 Å². The summed E-state index contributed by atoms with van der Waals surface area (Å²) in [4.78, 5) is 3.67. The van der Waals surface area contributed by atoms with Crippen LogP contribution in [0, 0.1) is 0 Å². The van der Waals surface area contributed by atoms with Gasteiger partial charge >= 0.3 is 12.4 Å². The number of nitrogens with zero attached hydrogens (tertiary/aromatic N) is 3. The molecule has 3 rings (SSSR count). The molecule has 0 aromatic carbocycles. The first-order valence-electron chi connectivity index (χ1n) is 8.58. The summed E-state index contributed by atoms with van der Waals surface area (Å²) in [5, 5.41) is 16.8. The molecule has 0 fully saturated rings. The number of alkyl halides is 6. The van der Waals surface area contributed by atoms with Crippen molar-refractivity contribution < 1.29 is 45.3 Å². The van der Waals surface area contributed by atoms with Crippen LogP contribution in [-0.4, -0.2) is 45.8 Å². The molecule has 3 N–H and O–H groups in total. The molecule has 0 aliphatic carbocycles. The fraction of sp³-hybridized carbons (Fsp3) is 0.562. The fourth-order valence-electron chi connectivity index (χ4n) is 2.65. The van der Waals surface area contributed by atoms with Gasteiger partial charge in [-0.3, -0.25) is 0 Å². The summed E-state index contributed by atoms with van der Waals surface area (Å²) in [6.07, 6.45) is -11.8. The average Bonchev–Trinajstić information content (AvgIpc) is 3.10. The van der Waals surface area contributed by atoms with E-state index in [9.17, 15) is 31.4 Å². The van der Waals surface area contributed by atoms with Gasteiger partial charge in [0.2, 0.25) is 11.5 Å². The predicted molar refractivity (Wildman–Crippen MR) is 87.0 cm³/mol. The van der Waals surface area contributed by atoms with E-state index in [2.05, 4.69) is 15.2 Å². The van der Waals surface area contributed by atoms with E-state index >= 15 is 0 Å². The van der Waals surface area contributed by atoms with Crippen LogP contribution < -0.4 is 10.5 Å². The average molecular weight is 442 g/mol. The second-order valence-electron chi connectivity index (χ2n) is 6.63. The number of hydrogen-bond donors (Lipinski definition) is 2. The fourth-order valence-corrected chi connectivity index (χ4v) is 2.65. The minimum atomic E-state index is -5.20. The molecule has 30 heavy (non-hydrogen) atoms. The quantitative estimate of drug-likeness (QED) is 0.598. The Morgan fingerprint density at radius 1 is 1.17 bits per heavy atom. The number of anilines is 1. The lowest BCUT2D eigenvalue weighted by Crippen LogP contribution is -2.43. The highest BCUT2D eigenvalue weighted by Gasteiger charge is 2.58. The zero-order chi connectivity index (χ0) is 22.3. The molecule has 14 heteroatoms. The number of ether oxygens (including phenoxy) is 2. The zero-order valence-electron chi connectivity index (χ0n) is 15.3. The SMILES string of the molecule is C[C@@H]1CCOCCC(O)(C(F)(F)F)c2nnc(o2)-c2nc(c(C(F)(F)F)cc2N)O1. The first kappa shape index (κ1) is 22.1. The molecule has 3 heterocycles. The Labute approximate surface area is 165 Å². The summed E-state index contributed by atoms with van der Waals surface area (Å²) < 4.78 is 95.8. The van der Waals surface area contributed by atoms with Gasteiger partial charge in [0.25, 0.3) is 11.8 Å². The molecule has 2 aromatic rings. The molecule has 1 aliphatic heterocycles. The first-order chi connectivity index (χ1) is 13.8. The number of nitrogens with two attached hydrogens (primary N) is 1. The number of halogens is 6. The monoisotopic (exact) mass is 442 g/mol. The zero-order valence-corrected chi connectivity index (χ0v) is 15.3. The summed E-state index contributed by atoms with van der Waals surface area (Å²) in [5.41, 5.74) is -0.303. The lowest BCUT2D eigenvalue weighted by atomic mass is 9.99. The van der Waals surface area contributed by atoms with Crippen molar-refractivity contribution >= 4 is 5.69 Å². The maximum Gasteiger partial charge on any atom is 0.426 e. The number of aliphatic hydroxyl groups is 1. The maximum atomic E-state index is 13.5. The molecule has 1 unspecified atom stereocenters. The molecule has 1 aliphatic rings. The molecule has 166 valence electrons. The second kappa shape index (κ2) is 7.58. The van der Waals surface area contributed by atoms with Crippen LogP contribution in [0.15, 0.2) is 10.5 Å². The lowest BCUT2D eigenvalue weighted by Gasteiger charge is -2.27. The Hall–Kier alpha value is -2.61. The molecule has 0 spiro atoms. The van der Waals surface area contributed by atoms with Gasteiger partial charge < -0.3 is 24.7 Å². The van der Waals surface area contributed by atoms with Gasteiger partial charge in [-0.05, 0) is 13.0 Å². The standard InChI is InChI=1S/C16H16F6N4O4/c1-7-2-4-28-5-3-14(27,16(20,21)22)13-26-25-12(30-13)10-9(23)6-8(15(17,18)19)11(24-10)29-7/h6-7,27H,2-5,23H2,1H3/t7-,14?/m1/s1. The smallest absolute Gasteiger partial charge is 0.426 e. The van der Waals surface area contributed by atoms with Crippen molar-refractivity contribution in [3.8, 4) is 17.5 Å². The van der Waals surface area contributed by atoms with Crippen LogP contribution in [0.3, 0.4) is 0 Å². The van der Waals surface area contributed by atoms with Crippen molar-refractivity contribution in [2.75, 3.05) is 18.9 Å². The van der Waals surface area contributed by atoms with Crippen molar-refractivity contribution in [1.82, 2.24) is 15.2 Å². The molecule has 8 nitrogen and oxygen atoms in total. The Kier molecular flexibility index (Phi) is 5.58. The number of rotatable bonds is 0. The van der Waals surface area contributed by atoms with E-state index in [4.69, 9.17) is 19.6 Å². The van der Waals surface area contributed by atoms with Gasteiger partial charge in [0.1, 0.15) is 5.56 Å². The van der Waals surface area contributed by atoms with E-state index in [-0.39, 0.29) is 13.0 Å². The van der Waals surface area contributed by atoms with Gasteiger partial charge in [0.05, 0.1) is 25.0 Å². The number of pyridine rings is 1. The molecule has 0 radical (unpaired) electrons. The summed E-state index contributed by atoms with van der Waals surface area (Å²) in [5.74, 6) is -2.79. The minimum Gasteiger partial charge on any atom is -0.474 e. The van der Waals surface area contributed by atoms with Crippen LogP contribution in [0.4, 0.5) is 32.0 Å². The minimum absolute atomic E-state index is 0.0432. The highest BCUT2D eigenvalue weighted by molar-refractivity contribution is 5.68. The molecule has 2 aromatic heterocycles. The molecular formula is C16H16F6N4O4. The van der Waals surface area contributed by atoms with Gasteiger partial charge in [-0.2, -0.15) is 26.3 Å². The maximum absolute atomic E-state index is 13.5. The molecular weight excluding hydrogens is 426 g/mol. The highest BCUT2D eigenvalue weighted by atomic mass is 19.4. The Balaban J connectivity index is 2.17. The van der Waals surface area contributed by atoms with Crippen molar-refractivity contribution in [3.63, 3.8) is 0 Å². The van der Waals surface area contributed by atoms with E-state index in [1.807, 2.05) is 0 Å². The number of aromatic nitrogens is 3. The number of hydrogen-bond acceptors (Lipinski definition) is 8. The summed E-state index contributed by atoms with van der Waals surface area (Å²) in [6.45, 7) is 0.747. The molecule has 0 saturated heterocycles. The van der Waals surface area contributed by atoms with E-state index in [0.717, 1.165) is 0 Å². The third-order valence-corrected chi connectivity index (χ3v) is 4.36. The van der Waals surface area contributed by atoms with Crippen LogP contribution in [0.5, 0.6) is 5.88 Å². The van der Waals surface area contributed by atoms with E-state index in [0.29, 0.717) is 6.07 Å². The largest absolute Gasteiger partial charge is 0.474 e. The topological polar surface area (TPSA) is 117 Å². The lowest BCUT2D eigenvalue weighted by molar-refractivity contribution is -0.279. The van der Waals surface area contributed by atoms with Gasteiger partial charge in [-0.15, -0.1) is 10.2 Å². The number of fused-ring (bicyclic) bond motifs is 5. The Bertz CT molecular complexity index is 916. The summed E-state index contributed by atoms with van der Waals surface area (Å²) >= 11 is 0. The van der Waals surface area contributed by atoms with Gasteiger partial charge in [-0.25, -0.2) is 4.98 Å². The molecule has 0 saturated carbocycles. The normalized spacial score (nSPS) is 23.5. The Morgan fingerprint density at radius 2 is 1.87 bits per heavy atom. The van der Waals surface area contributed by atoms with Crippen LogP contribution >= 0.6 is 0 Å².